The predicted octanol–water partition coefficient (Wildman–Crippen LogP) is 3.41. The Morgan fingerprint density at radius 3 is 2.62 bits per heavy atom. The zero-order valence-corrected chi connectivity index (χ0v) is 13.2. The Hall–Kier alpha value is -2.87. The van der Waals surface area contributed by atoms with E-state index < -0.39 is 23.3 Å². The molecule has 1 amide bonds. The molecule has 0 unspecified atom stereocenters. The molecular formula is C15H12ClFN2O5. The van der Waals surface area contributed by atoms with Crippen molar-refractivity contribution in [2.45, 2.75) is 0 Å². The zero-order valence-electron chi connectivity index (χ0n) is 12.4. The second kappa shape index (κ2) is 7.60. The summed E-state index contributed by atoms with van der Waals surface area (Å²) >= 11 is 5.60. The van der Waals surface area contributed by atoms with Crippen LogP contribution >= 0.6 is 11.6 Å². The normalized spacial score (nSPS) is 10.1. The summed E-state index contributed by atoms with van der Waals surface area (Å²) in [7, 11) is 1.37. The van der Waals surface area contributed by atoms with E-state index in [1.807, 2.05) is 0 Å². The Morgan fingerprint density at radius 2 is 2.00 bits per heavy atom. The summed E-state index contributed by atoms with van der Waals surface area (Å²) < 4.78 is 23.1. The number of ether oxygens (including phenoxy) is 2. The third-order valence-corrected chi connectivity index (χ3v) is 3.23. The van der Waals surface area contributed by atoms with E-state index in [4.69, 9.17) is 21.1 Å². The van der Waals surface area contributed by atoms with Crippen molar-refractivity contribution in [3.63, 3.8) is 0 Å². The molecule has 126 valence electrons. The van der Waals surface area contributed by atoms with Crippen LogP contribution in [0.15, 0.2) is 36.4 Å². The molecule has 0 aliphatic carbocycles. The van der Waals surface area contributed by atoms with Gasteiger partial charge in [-0.3, -0.25) is 14.9 Å². The number of methoxy groups -OCH3 is 1. The highest BCUT2D eigenvalue weighted by Crippen LogP contribution is 2.29. The van der Waals surface area contributed by atoms with Crippen molar-refractivity contribution >= 4 is 28.9 Å². The molecule has 2 aromatic rings. The molecule has 0 atom stereocenters. The fourth-order valence-corrected chi connectivity index (χ4v) is 1.97. The molecule has 9 heteroatoms. The summed E-state index contributed by atoms with van der Waals surface area (Å²) in [5.41, 5.74) is -0.306. The summed E-state index contributed by atoms with van der Waals surface area (Å²) in [5.74, 6) is -0.747. The maximum atomic E-state index is 13.0. The van der Waals surface area contributed by atoms with Gasteiger partial charge in [0.15, 0.2) is 6.61 Å². The van der Waals surface area contributed by atoms with Crippen molar-refractivity contribution in [2.24, 2.45) is 0 Å². The maximum Gasteiger partial charge on any atom is 0.296 e. The van der Waals surface area contributed by atoms with Crippen LogP contribution in [0, 0.1) is 15.9 Å². The van der Waals surface area contributed by atoms with E-state index in [0.717, 1.165) is 6.07 Å². The number of nitro groups is 1. The van der Waals surface area contributed by atoms with E-state index in [0.29, 0.717) is 0 Å². The molecule has 0 aliphatic rings. The smallest absolute Gasteiger partial charge is 0.296 e. The minimum absolute atomic E-state index is 0.00605. The van der Waals surface area contributed by atoms with E-state index in [2.05, 4.69) is 5.32 Å². The van der Waals surface area contributed by atoms with Gasteiger partial charge in [0.1, 0.15) is 23.0 Å². The molecule has 0 saturated carbocycles. The number of nitrogens with one attached hydrogen (secondary N) is 1. The highest BCUT2D eigenvalue weighted by molar-refractivity contribution is 6.30. The molecular weight excluding hydrogens is 343 g/mol. The summed E-state index contributed by atoms with van der Waals surface area (Å²) in [6.07, 6.45) is 0. The first-order valence-electron chi connectivity index (χ1n) is 6.61. The number of carbonyl (C=O) groups is 1. The largest absolute Gasteiger partial charge is 0.496 e. The first kappa shape index (κ1) is 17.5. The minimum atomic E-state index is -0.640. The van der Waals surface area contributed by atoms with Crippen molar-refractivity contribution in [3.8, 4) is 11.5 Å². The van der Waals surface area contributed by atoms with Gasteiger partial charge < -0.3 is 14.8 Å². The summed E-state index contributed by atoms with van der Waals surface area (Å²) in [4.78, 5) is 22.3. The lowest BCUT2D eigenvalue weighted by atomic mass is 10.2. The van der Waals surface area contributed by atoms with Crippen LogP contribution in [0.2, 0.25) is 5.02 Å². The molecule has 1 N–H and O–H groups in total. The van der Waals surface area contributed by atoms with Crippen LogP contribution < -0.4 is 14.8 Å². The van der Waals surface area contributed by atoms with Crippen LogP contribution in [-0.4, -0.2) is 24.5 Å². The van der Waals surface area contributed by atoms with Crippen LogP contribution in [0.5, 0.6) is 11.5 Å². The van der Waals surface area contributed by atoms with Crippen molar-refractivity contribution in [1.29, 1.82) is 0 Å². The average Bonchev–Trinajstić information content (AvgIpc) is 2.56. The fourth-order valence-electron chi connectivity index (χ4n) is 1.80. The topological polar surface area (TPSA) is 90.7 Å². The van der Waals surface area contributed by atoms with E-state index in [1.165, 1.54) is 37.4 Å². The lowest BCUT2D eigenvalue weighted by Gasteiger charge is -2.09. The number of carbonyl (C=O) groups excluding carboxylic acids is 1. The SMILES string of the molecule is COc1ccc(NC(=O)COc2ccc(F)c(Cl)c2)c([N+](=O)[O-])c1. The van der Waals surface area contributed by atoms with E-state index >= 15 is 0 Å². The second-order valence-electron chi connectivity index (χ2n) is 4.55. The Balaban J connectivity index is 2.04. The average molecular weight is 355 g/mol. The van der Waals surface area contributed by atoms with Crippen molar-refractivity contribution < 1.29 is 23.6 Å². The van der Waals surface area contributed by atoms with Gasteiger partial charge in [-0.15, -0.1) is 0 Å². The molecule has 0 aliphatic heterocycles. The van der Waals surface area contributed by atoms with Gasteiger partial charge in [0.25, 0.3) is 11.6 Å². The monoisotopic (exact) mass is 354 g/mol. The van der Waals surface area contributed by atoms with E-state index in [9.17, 15) is 19.3 Å². The number of halogens is 2. The van der Waals surface area contributed by atoms with Crippen LogP contribution in [0.25, 0.3) is 0 Å². The number of nitrogens with zero attached hydrogens (tertiary/aromatic N) is 1. The number of rotatable bonds is 6. The minimum Gasteiger partial charge on any atom is -0.496 e. The number of hydrogen-bond acceptors (Lipinski definition) is 5. The van der Waals surface area contributed by atoms with Gasteiger partial charge in [0, 0.05) is 6.07 Å². The van der Waals surface area contributed by atoms with Gasteiger partial charge in [-0.1, -0.05) is 11.6 Å². The zero-order chi connectivity index (χ0) is 17.7. The van der Waals surface area contributed by atoms with Crippen LogP contribution in [-0.2, 0) is 4.79 Å². The molecule has 0 spiro atoms. The van der Waals surface area contributed by atoms with Crippen molar-refractivity contribution in [1.82, 2.24) is 0 Å². The molecule has 0 bridgehead atoms. The number of nitro benzene ring substituents is 1. The van der Waals surface area contributed by atoms with Crippen LogP contribution in [0.1, 0.15) is 0 Å². The van der Waals surface area contributed by atoms with E-state index in [1.54, 1.807) is 0 Å². The van der Waals surface area contributed by atoms with E-state index in [-0.39, 0.29) is 27.9 Å². The second-order valence-corrected chi connectivity index (χ2v) is 4.96. The Labute approximate surface area is 141 Å². The number of amides is 1. The van der Waals surface area contributed by atoms with Gasteiger partial charge in [-0.05, 0) is 24.3 Å². The first-order valence-corrected chi connectivity index (χ1v) is 6.98. The Kier molecular flexibility index (Phi) is 5.54. The number of anilines is 1. The molecule has 0 heterocycles. The van der Waals surface area contributed by atoms with Gasteiger partial charge in [0.2, 0.25) is 0 Å². The number of hydrogen-bond donors (Lipinski definition) is 1. The van der Waals surface area contributed by atoms with Gasteiger partial charge in [-0.2, -0.15) is 0 Å². The van der Waals surface area contributed by atoms with Crippen LogP contribution in [0.3, 0.4) is 0 Å². The highest BCUT2D eigenvalue weighted by Gasteiger charge is 2.17. The van der Waals surface area contributed by atoms with Gasteiger partial charge in [0.05, 0.1) is 23.1 Å². The molecule has 0 fully saturated rings. The summed E-state index contributed by atoms with van der Waals surface area (Å²) in [6, 6.07) is 7.65. The molecule has 24 heavy (non-hydrogen) atoms. The molecule has 7 nitrogen and oxygen atoms in total. The summed E-state index contributed by atoms with van der Waals surface area (Å²) in [5, 5.41) is 13.3. The molecule has 2 aromatic carbocycles. The quantitative estimate of drug-likeness (QED) is 0.634. The fraction of sp³-hybridized carbons (Fsp3) is 0.133. The molecule has 2 rings (SSSR count). The van der Waals surface area contributed by atoms with Crippen molar-refractivity contribution in [3.05, 3.63) is 57.4 Å². The molecule has 0 saturated heterocycles. The van der Waals surface area contributed by atoms with Gasteiger partial charge in [-0.25, -0.2) is 4.39 Å². The molecule has 0 radical (unpaired) electrons. The van der Waals surface area contributed by atoms with Crippen LogP contribution in [0.4, 0.5) is 15.8 Å². The number of benzene rings is 2. The Morgan fingerprint density at radius 1 is 1.29 bits per heavy atom. The lowest BCUT2D eigenvalue weighted by molar-refractivity contribution is -0.384. The van der Waals surface area contributed by atoms with Gasteiger partial charge >= 0.3 is 0 Å². The summed E-state index contributed by atoms with van der Waals surface area (Å²) in [6.45, 7) is -0.425. The Bertz CT molecular complexity index is 784. The maximum absolute atomic E-state index is 13.0. The third-order valence-electron chi connectivity index (χ3n) is 2.94. The molecule has 0 aromatic heterocycles. The van der Waals surface area contributed by atoms with Crippen molar-refractivity contribution in [2.75, 3.05) is 19.0 Å². The standard InChI is InChI=1S/C15H12ClFN2O5/c1-23-9-3-5-13(14(7-9)19(21)22)18-15(20)8-24-10-2-4-12(17)11(16)6-10/h2-7H,8H2,1H3,(H,18,20). The first-order chi connectivity index (χ1) is 11.4. The predicted molar refractivity (Wildman–Crippen MR) is 85.2 cm³/mol. The third kappa shape index (κ3) is 4.32. The lowest BCUT2D eigenvalue weighted by Crippen LogP contribution is -2.20. The highest BCUT2D eigenvalue weighted by atomic mass is 35.5.